The first-order valence-corrected chi connectivity index (χ1v) is 6.03. The second kappa shape index (κ2) is 4.98. The van der Waals surface area contributed by atoms with E-state index in [2.05, 4.69) is 49.1 Å². The highest BCUT2D eigenvalue weighted by Gasteiger charge is 2.41. The Morgan fingerprint density at radius 1 is 1.31 bits per heavy atom. The van der Waals surface area contributed by atoms with Crippen LogP contribution in [0.3, 0.4) is 0 Å². The van der Waals surface area contributed by atoms with Crippen molar-refractivity contribution in [3.8, 4) is 0 Å². The standard InChI is InChI=1S/C14H21NO/c1-11(2)13-9-15(13)14(10-16-3)12-7-5-4-6-8-12/h4-8,11,13-14H,9-10H2,1-3H3/t13-,14+,15?/m1/s1. The van der Waals surface area contributed by atoms with Gasteiger partial charge in [0.1, 0.15) is 0 Å². The lowest BCUT2D eigenvalue weighted by Crippen LogP contribution is -2.19. The molecule has 1 fully saturated rings. The summed E-state index contributed by atoms with van der Waals surface area (Å²) in [6, 6.07) is 11.8. The predicted octanol–water partition coefficient (Wildman–Crippen LogP) is 2.71. The third-order valence-electron chi connectivity index (χ3n) is 3.37. The Hall–Kier alpha value is -0.860. The summed E-state index contributed by atoms with van der Waals surface area (Å²) in [6.07, 6.45) is 0. The highest BCUT2D eigenvalue weighted by atomic mass is 16.5. The predicted molar refractivity (Wildman–Crippen MR) is 66.4 cm³/mol. The second-order valence-electron chi connectivity index (χ2n) is 4.89. The fraction of sp³-hybridized carbons (Fsp3) is 0.571. The molecule has 1 saturated heterocycles. The first-order chi connectivity index (χ1) is 7.74. The zero-order valence-corrected chi connectivity index (χ0v) is 10.4. The molecule has 0 saturated carbocycles. The number of hydrogen-bond acceptors (Lipinski definition) is 2. The molecule has 1 heterocycles. The molecule has 0 N–H and O–H groups in total. The van der Waals surface area contributed by atoms with Gasteiger partial charge in [-0.25, -0.2) is 0 Å². The van der Waals surface area contributed by atoms with Crippen molar-refractivity contribution < 1.29 is 4.74 Å². The lowest BCUT2D eigenvalue weighted by Gasteiger charge is -2.19. The van der Waals surface area contributed by atoms with Gasteiger partial charge in [0.05, 0.1) is 12.6 Å². The van der Waals surface area contributed by atoms with Crippen LogP contribution < -0.4 is 0 Å². The summed E-state index contributed by atoms with van der Waals surface area (Å²) in [6.45, 7) is 6.58. The maximum atomic E-state index is 5.35. The van der Waals surface area contributed by atoms with Crippen LogP contribution in [-0.4, -0.2) is 31.2 Å². The monoisotopic (exact) mass is 219 g/mol. The average Bonchev–Trinajstić information content (AvgIpc) is 3.07. The molecule has 0 amide bonds. The topological polar surface area (TPSA) is 12.2 Å². The van der Waals surface area contributed by atoms with E-state index in [0.717, 1.165) is 18.6 Å². The van der Waals surface area contributed by atoms with Crippen molar-refractivity contribution in [3.63, 3.8) is 0 Å². The van der Waals surface area contributed by atoms with Gasteiger partial charge in [-0.15, -0.1) is 0 Å². The van der Waals surface area contributed by atoms with Crippen LogP contribution in [0.1, 0.15) is 25.5 Å². The minimum Gasteiger partial charge on any atom is -0.383 e. The number of hydrogen-bond donors (Lipinski definition) is 0. The number of ether oxygens (including phenoxy) is 1. The Bertz CT molecular complexity index is 323. The lowest BCUT2D eigenvalue weighted by atomic mass is 10.1. The minimum absolute atomic E-state index is 0.429. The Kier molecular flexibility index (Phi) is 3.62. The van der Waals surface area contributed by atoms with Crippen molar-refractivity contribution >= 4 is 0 Å². The van der Waals surface area contributed by atoms with E-state index in [1.54, 1.807) is 7.11 Å². The molecule has 1 aromatic carbocycles. The Morgan fingerprint density at radius 3 is 2.50 bits per heavy atom. The molecule has 1 aliphatic rings. The van der Waals surface area contributed by atoms with Crippen LogP contribution in [0.2, 0.25) is 0 Å². The summed E-state index contributed by atoms with van der Waals surface area (Å²) in [5.74, 6) is 0.739. The van der Waals surface area contributed by atoms with Gasteiger partial charge < -0.3 is 4.74 Å². The van der Waals surface area contributed by atoms with Gasteiger partial charge in [0.2, 0.25) is 0 Å². The molecule has 0 radical (unpaired) electrons. The van der Waals surface area contributed by atoms with Crippen LogP contribution in [0.15, 0.2) is 30.3 Å². The van der Waals surface area contributed by atoms with E-state index in [1.165, 1.54) is 12.1 Å². The van der Waals surface area contributed by atoms with Gasteiger partial charge in [0, 0.05) is 19.7 Å². The van der Waals surface area contributed by atoms with E-state index < -0.39 is 0 Å². The summed E-state index contributed by atoms with van der Waals surface area (Å²) in [4.78, 5) is 2.53. The number of benzene rings is 1. The zero-order valence-electron chi connectivity index (χ0n) is 10.4. The molecular formula is C14H21NO. The van der Waals surface area contributed by atoms with E-state index >= 15 is 0 Å². The van der Waals surface area contributed by atoms with E-state index in [4.69, 9.17) is 4.74 Å². The number of methoxy groups -OCH3 is 1. The first kappa shape index (κ1) is 11.6. The fourth-order valence-corrected chi connectivity index (χ4v) is 2.34. The molecule has 3 atom stereocenters. The minimum atomic E-state index is 0.429. The van der Waals surface area contributed by atoms with E-state index in [-0.39, 0.29) is 0 Å². The number of rotatable bonds is 5. The van der Waals surface area contributed by atoms with Crippen molar-refractivity contribution in [1.29, 1.82) is 0 Å². The van der Waals surface area contributed by atoms with Crippen LogP contribution in [0, 0.1) is 5.92 Å². The normalized spacial score (nSPS) is 25.8. The molecule has 0 aromatic heterocycles. The molecule has 2 heteroatoms. The van der Waals surface area contributed by atoms with Gasteiger partial charge in [-0.3, -0.25) is 4.90 Å². The maximum Gasteiger partial charge on any atom is 0.0659 e. The highest BCUT2D eigenvalue weighted by molar-refractivity contribution is 5.21. The van der Waals surface area contributed by atoms with Gasteiger partial charge in [-0.2, -0.15) is 0 Å². The van der Waals surface area contributed by atoms with Crippen LogP contribution in [0.25, 0.3) is 0 Å². The highest BCUT2D eigenvalue weighted by Crippen LogP contribution is 2.35. The summed E-state index contributed by atoms with van der Waals surface area (Å²) < 4.78 is 5.35. The largest absolute Gasteiger partial charge is 0.383 e. The van der Waals surface area contributed by atoms with Crippen molar-refractivity contribution in [2.45, 2.75) is 25.9 Å². The fourth-order valence-electron chi connectivity index (χ4n) is 2.34. The SMILES string of the molecule is COC[C@@H](c1ccccc1)N1C[C@@H]1C(C)C. The number of nitrogens with zero attached hydrogens (tertiary/aromatic N) is 1. The quantitative estimate of drug-likeness (QED) is 0.706. The van der Waals surface area contributed by atoms with Crippen molar-refractivity contribution in [3.05, 3.63) is 35.9 Å². The molecule has 0 bridgehead atoms. The smallest absolute Gasteiger partial charge is 0.0659 e. The Morgan fingerprint density at radius 2 is 2.00 bits per heavy atom. The van der Waals surface area contributed by atoms with Crippen LogP contribution in [0.5, 0.6) is 0 Å². The molecule has 16 heavy (non-hydrogen) atoms. The third kappa shape index (κ3) is 2.45. The van der Waals surface area contributed by atoms with E-state index in [9.17, 15) is 0 Å². The van der Waals surface area contributed by atoms with Crippen LogP contribution in [-0.2, 0) is 4.74 Å². The lowest BCUT2D eigenvalue weighted by molar-refractivity contribution is 0.136. The average molecular weight is 219 g/mol. The maximum absolute atomic E-state index is 5.35. The van der Waals surface area contributed by atoms with Gasteiger partial charge in [-0.05, 0) is 11.5 Å². The zero-order chi connectivity index (χ0) is 11.5. The molecule has 2 nitrogen and oxygen atoms in total. The van der Waals surface area contributed by atoms with Crippen molar-refractivity contribution in [2.24, 2.45) is 5.92 Å². The van der Waals surface area contributed by atoms with Crippen molar-refractivity contribution in [1.82, 2.24) is 4.90 Å². The van der Waals surface area contributed by atoms with E-state index in [1.807, 2.05) is 0 Å². The Labute approximate surface area is 98.2 Å². The molecule has 2 rings (SSSR count). The molecule has 0 aliphatic carbocycles. The summed E-state index contributed by atoms with van der Waals surface area (Å²) in [5.41, 5.74) is 1.37. The molecule has 88 valence electrons. The summed E-state index contributed by atoms with van der Waals surface area (Å²) in [7, 11) is 1.78. The van der Waals surface area contributed by atoms with Crippen LogP contribution in [0.4, 0.5) is 0 Å². The molecule has 1 aliphatic heterocycles. The molecular weight excluding hydrogens is 198 g/mol. The molecule has 1 unspecified atom stereocenters. The summed E-state index contributed by atoms with van der Waals surface area (Å²) in [5, 5.41) is 0. The van der Waals surface area contributed by atoms with E-state index in [0.29, 0.717) is 6.04 Å². The first-order valence-electron chi connectivity index (χ1n) is 6.03. The van der Waals surface area contributed by atoms with Gasteiger partial charge >= 0.3 is 0 Å². The Balaban J connectivity index is 2.08. The molecule has 0 spiro atoms. The van der Waals surface area contributed by atoms with Gasteiger partial charge in [0.25, 0.3) is 0 Å². The van der Waals surface area contributed by atoms with Gasteiger partial charge in [0.15, 0.2) is 0 Å². The second-order valence-corrected chi connectivity index (χ2v) is 4.89. The van der Waals surface area contributed by atoms with Crippen LogP contribution >= 0.6 is 0 Å². The van der Waals surface area contributed by atoms with Crippen molar-refractivity contribution in [2.75, 3.05) is 20.3 Å². The summed E-state index contributed by atoms with van der Waals surface area (Å²) >= 11 is 0. The molecule has 1 aromatic rings. The van der Waals surface area contributed by atoms with Gasteiger partial charge in [-0.1, -0.05) is 44.2 Å². The third-order valence-corrected chi connectivity index (χ3v) is 3.37.